The van der Waals surface area contributed by atoms with Gasteiger partial charge in [-0.3, -0.25) is 19.7 Å². The lowest BCUT2D eigenvalue weighted by Crippen LogP contribution is -2.13. The summed E-state index contributed by atoms with van der Waals surface area (Å²) in [4.78, 5) is 33.0. The van der Waals surface area contributed by atoms with Crippen LogP contribution in [0.5, 0.6) is 0 Å². The summed E-state index contributed by atoms with van der Waals surface area (Å²) in [5.74, 6) is -0.767. The molecule has 0 atom stereocenters. The number of nitro groups is 1. The van der Waals surface area contributed by atoms with Crippen LogP contribution in [0.1, 0.15) is 25.8 Å². The Balaban J connectivity index is 2.56. The van der Waals surface area contributed by atoms with Gasteiger partial charge in [-0.25, -0.2) is 0 Å². The number of esters is 1. The SMILES string of the molecule is CC(C)COC(=O)CC(=O)C=Cc1cccc([N+](=O)[O-])c1. The second-order valence-corrected chi connectivity index (χ2v) is 4.91. The predicted octanol–water partition coefficient (Wildman–Crippen LogP) is 2.77. The van der Waals surface area contributed by atoms with Gasteiger partial charge >= 0.3 is 5.97 Å². The number of hydrogen-bond donors (Lipinski definition) is 0. The van der Waals surface area contributed by atoms with Crippen LogP contribution < -0.4 is 0 Å². The third-order valence-electron chi connectivity index (χ3n) is 2.44. The number of hydrogen-bond acceptors (Lipinski definition) is 5. The standard InChI is InChI=1S/C15H17NO5/c1-11(2)10-21-15(18)9-14(17)7-6-12-4-3-5-13(8-12)16(19)20/h3-8,11H,9-10H2,1-2H3. The smallest absolute Gasteiger partial charge is 0.313 e. The topological polar surface area (TPSA) is 86.5 Å². The number of allylic oxidation sites excluding steroid dienone is 1. The Morgan fingerprint density at radius 2 is 2.10 bits per heavy atom. The predicted molar refractivity (Wildman–Crippen MR) is 77.6 cm³/mol. The van der Waals surface area contributed by atoms with Crippen molar-refractivity contribution in [2.75, 3.05) is 6.61 Å². The molecule has 0 saturated heterocycles. The number of non-ortho nitro benzene ring substituents is 1. The quantitative estimate of drug-likeness (QED) is 0.253. The van der Waals surface area contributed by atoms with E-state index >= 15 is 0 Å². The van der Waals surface area contributed by atoms with Crippen LogP contribution in [0.15, 0.2) is 30.3 Å². The molecule has 0 aliphatic carbocycles. The van der Waals surface area contributed by atoms with E-state index in [-0.39, 0.29) is 24.6 Å². The minimum atomic E-state index is -0.572. The Labute approximate surface area is 122 Å². The highest BCUT2D eigenvalue weighted by Crippen LogP contribution is 2.14. The Kier molecular flexibility index (Phi) is 6.26. The summed E-state index contributed by atoms with van der Waals surface area (Å²) in [6.07, 6.45) is 2.32. The first-order chi connectivity index (χ1) is 9.88. The van der Waals surface area contributed by atoms with Crippen molar-refractivity contribution >= 4 is 23.5 Å². The van der Waals surface area contributed by atoms with E-state index in [2.05, 4.69) is 0 Å². The Morgan fingerprint density at radius 3 is 2.71 bits per heavy atom. The molecule has 0 amide bonds. The molecular weight excluding hydrogens is 274 g/mol. The van der Waals surface area contributed by atoms with Gasteiger partial charge < -0.3 is 4.74 Å². The van der Waals surface area contributed by atoms with Crippen LogP contribution in [0.4, 0.5) is 5.69 Å². The molecule has 0 aromatic heterocycles. The molecule has 0 spiro atoms. The molecule has 0 radical (unpaired) electrons. The molecule has 0 fully saturated rings. The summed E-state index contributed by atoms with van der Waals surface area (Å²) in [7, 11) is 0. The van der Waals surface area contributed by atoms with Gasteiger partial charge in [0.25, 0.3) is 5.69 Å². The second-order valence-electron chi connectivity index (χ2n) is 4.91. The number of benzene rings is 1. The van der Waals surface area contributed by atoms with Crippen molar-refractivity contribution in [3.05, 3.63) is 46.0 Å². The average molecular weight is 291 g/mol. The molecule has 6 nitrogen and oxygen atoms in total. The molecular formula is C15H17NO5. The highest BCUT2D eigenvalue weighted by molar-refractivity contribution is 6.03. The molecule has 0 bridgehead atoms. The minimum Gasteiger partial charge on any atom is -0.465 e. The van der Waals surface area contributed by atoms with Crippen molar-refractivity contribution in [2.45, 2.75) is 20.3 Å². The largest absolute Gasteiger partial charge is 0.465 e. The van der Waals surface area contributed by atoms with Gasteiger partial charge in [0.2, 0.25) is 0 Å². The van der Waals surface area contributed by atoms with E-state index in [4.69, 9.17) is 4.74 Å². The molecule has 0 aliphatic heterocycles. The van der Waals surface area contributed by atoms with Gasteiger partial charge in [0.05, 0.1) is 11.5 Å². The number of ether oxygens (including phenoxy) is 1. The molecule has 1 rings (SSSR count). The van der Waals surface area contributed by atoms with Gasteiger partial charge in [-0.05, 0) is 17.6 Å². The molecule has 112 valence electrons. The molecule has 6 heteroatoms. The molecule has 0 saturated carbocycles. The fourth-order valence-corrected chi connectivity index (χ4v) is 1.44. The number of rotatable bonds is 7. The average Bonchev–Trinajstić information content (AvgIpc) is 2.43. The van der Waals surface area contributed by atoms with Crippen molar-refractivity contribution in [2.24, 2.45) is 5.92 Å². The van der Waals surface area contributed by atoms with E-state index < -0.39 is 16.7 Å². The van der Waals surface area contributed by atoms with Crippen LogP contribution in [-0.2, 0) is 14.3 Å². The van der Waals surface area contributed by atoms with Crippen LogP contribution in [0, 0.1) is 16.0 Å². The maximum absolute atomic E-state index is 11.6. The van der Waals surface area contributed by atoms with Gasteiger partial charge in [0.15, 0.2) is 5.78 Å². The molecule has 1 aromatic carbocycles. The van der Waals surface area contributed by atoms with E-state index in [1.165, 1.54) is 30.4 Å². The maximum Gasteiger partial charge on any atom is 0.313 e. The fourth-order valence-electron chi connectivity index (χ4n) is 1.44. The zero-order chi connectivity index (χ0) is 15.8. The van der Waals surface area contributed by atoms with Crippen molar-refractivity contribution in [1.29, 1.82) is 0 Å². The van der Waals surface area contributed by atoms with Crippen LogP contribution in [-0.4, -0.2) is 23.3 Å². The summed E-state index contributed by atoms with van der Waals surface area (Å²) in [5, 5.41) is 10.6. The highest BCUT2D eigenvalue weighted by Gasteiger charge is 2.09. The first kappa shape index (κ1) is 16.6. The molecule has 0 heterocycles. The van der Waals surface area contributed by atoms with Crippen LogP contribution >= 0.6 is 0 Å². The van der Waals surface area contributed by atoms with Crippen molar-refractivity contribution in [1.82, 2.24) is 0 Å². The van der Waals surface area contributed by atoms with Gasteiger partial charge in [-0.15, -0.1) is 0 Å². The van der Waals surface area contributed by atoms with E-state index in [1.807, 2.05) is 13.8 Å². The fraction of sp³-hybridized carbons (Fsp3) is 0.333. The zero-order valence-electron chi connectivity index (χ0n) is 11.9. The number of carbonyl (C=O) groups excluding carboxylic acids is 2. The molecule has 1 aromatic rings. The third-order valence-corrected chi connectivity index (χ3v) is 2.44. The zero-order valence-corrected chi connectivity index (χ0v) is 11.9. The first-order valence-corrected chi connectivity index (χ1v) is 6.49. The maximum atomic E-state index is 11.6. The summed E-state index contributed by atoms with van der Waals surface area (Å²) >= 11 is 0. The van der Waals surface area contributed by atoms with Crippen molar-refractivity contribution in [3.63, 3.8) is 0 Å². The van der Waals surface area contributed by atoms with Crippen LogP contribution in [0.2, 0.25) is 0 Å². The van der Waals surface area contributed by atoms with Crippen molar-refractivity contribution < 1.29 is 19.2 Å². The van der Waals surface area contributed by atoms with E-state index in [0.29, 0.717) is 5.56 Å². The highest BCUT2D eigenvalue weighted by atomic mass is 16.6. The van der Waals surface area contributed by atoms with Gasteiger partial charge in [-0.2, -0.15) is 0 Å². The summed E-state index contributed by atoms with van der Waals surface area (Å²) < 4.78 is 4.89. The minimum absolute atomic E-state index is 0.0547. The van der Waals surface area contributed by atoms with E-state index in [0.717, 1.165) is 0 Å². The van der Waals surface area contributed by atoms with E-state index in [1.54, 1.807) is 6.07 Å². The van der Waals surface area contributed by atoms with Gasteiger partial charge in [-0.1, -0.05) is 32.1 Å². The van der Waals surface area contributed by atoms with Crippen molar-refractivity contribution in [3.8, 4) is 0 Å². The second kappa shape index (κ2) is 7.94. The summed E-state index contributed by atoms with van der Waals surface area (Å²) in [6, 6.07) is 5.87. The lowest BCUT2D eigenvalue weighted by atomic mass is 10.1. The Bertz CT molecular complexity index is 563. The number of nitrogens with zero attached hydrogens (tertiary/aromatic N) is 1. The summed E-state index contributed by atoms with van der Waals surface area (Å²) in [5.41, 5.74) is 0.467. The van der Waals surface area contributed by atoms with Gasteiger partial charge in [0.1, 0.15) is 6.42 Å². The number of nitro benzene ring substituents is 1. The number of carbonyl (C=O) groups is 2. The molecule has 0 aliphatic rings. The van der Waals surface area contributed by atoms with Gasteiger partial charge in [0, 0.05) is 12.1 Å². The molecule has 0 unspecified atom stereocenters. The Hall–Kier alpha value is -2.50. The normalized spacial score (nSPS) is 10.8. The van der Waals surface area contributed by atoms with Crippen LogP contribution in [0.3, 0.4) is 0 Å². The lowest BCUT2D eigenvalue weighted by molar-refractivity contribution is -0.384. The van der Waals surface area contributed by atoms with E-state index in [9.17, 15) is 19.7 Å². The van der Waals surface area contributed by atoms with Crippen LogP contribution in [0.25, 0.3) is 6.08 Å². The molecule has 21 heavy (non-hydrogen) atoms. The summed E-state index contributed by atoms with van der Waals surface area (Å²) in [6.45, 7) is 4.08. The Morgan fingerprint density at radius 1 is 1.38 bits per heavy atom. The number of ketones is 1. The lowest BCUT2D eigenvalue weighted by Gasteiger charge is -2.05. The monoisotopic (exact) mass is 291 g/mol. The third kappa shape index (κ3) is 6.47. The first-order valence-electron chi connectivity index (χ1n) is 6.49. The molecule has 0 N–H and O–H groups in total.